The molecule has 20 heavy (non-hydrogen) atoms. The Kier molecular flexibility index (Phi) is 8.37. The summed E-state index contributed by atoms with van der Waals surface area (Å²) in [6.07, 6.45) is 7.36. The zero-order valence-corrected chi connectivity index (χ0v) is 13.7. The molecule has 2 N–H and O–H groups in total. The molecule has 1 aromatic heterocycles. The lowest BCUT2D eigenvalue weighted by molar-refractivity contribution is 0.300. The second-order valence-corrected chi connectivity index (χ2v) is 8.02. The molecule has 116 valence electrons. The average Bonchev–Trinajstić information content (AvgIpc) is 2.88. The van der Waals surface area contributed by atoms with Crippen molar-refractivity contribution in [2.24, 2.45) is 0 Å². The molecule has 1 heterocycles. The number of sulfonamides is 1. The molecule has 0 aliphatic heterocycles. The van der Waals surface area contributed by atoms with Crippen LogP contribution in [0.2, 0.25) is 0 Å². The van der Waals surface area contributed by atoms with Gasteiger partial charge in [0.1, 0.15) is 4.21 Å². The van der Waals surface area contributed by atoms with Crippen LogP contribution < -0.4 is 4.72 Å². The summed E-state index contributed by atoms with van der Waals surface area (Å²) < 4.78 is 27.0. The van der Waals surface area contributed by atoms with E-state index in [2.05, 4.69) is 11.6 Å². The van der Waals surface area contributed by atoms with E-state index in [1.54, 1.807) is 12.1 Å². The smallest absolute Gasteiger partial charge is 0.250 e. The van der Waals surface area contributed by atoms with E-state index in [9.17, 15) is 8.42 Å². The minimum absolute atomic E-state index is 0.0468. The first-order valence-corrected chi connectivity index (χ1v) is 9.59. The van der Waals surface area contributed by atoms with Gasteiger partial charge in [-0.2, -0.15) is 0 Å². The maximum atomic E-state index is 12.0. The van der Waals surface area contributed by atoms with Gasteiger partial charge in [-0.25, -0.2) is 13.1 Å². The van der Waals surface area contributed by atoms with Gasteiger partial charge in [0, 0.05) is 24.4 Å². The maximum Gasteiger partial charge on any atom is 0.250 e. The summed E-state index contributed by atoms with van der Waals surface area (Å²) in [7, 11) is -3.37. The topological polar surface area (TPSA) is 66.4 Å². The summed E-state index contributed by atoms with van der Waals surface area (Å²) in [6, 6.07) is 3.37. The third kappa shape index (κ3) is 6.35. The van der Waals surface area contributed by atoms with Gasteiger partial charge in [-0.05, 0) is 18.6 Å². The molecule has 1 aromatic rings. The van der Waals surface area contributed by atoms with Crippen LogP contribution in [0.1, 0.15) is 50.3 Å². The van der Waals surface area contributed by atoms with Crippen LogP contribution in [0.3, 0.4) is 0 Å². The number of unbranched alkanes of at least 4 members (excludes halogenated alkanes) is 5. The summed E-state index contributed by atoms with van der Waals surface area (Å²) >= 11 is 1.23. The monoisotopic (exact) mass is 319 g/mol. The third-order valence-electron chi connectivity index (χ3n) is 3.08. The van der Waals surface area contributed by atoms with Gasteiger partial charge >= 0.3 is 0 Å². The highest BCUT2D eigenvalue weighted by molar-refractivity contribution is 7.91. The molecule has 0 amide bonds. The third-order valence-corrected chi connectivity index (χ3v) is 6.18. The summed E-state index contributed by atoms with van der Waals surface area (Å²) in [5.74, 6) is 0. The minimum Gasteiger partial charge on any atom is -0.396 e. The summed E-state index contributed by atoms with van der Waals surface area (Å²) in [5, 5.41) is 8.84. The van der Waals surface area contributed by atoms with Gasteiger partial charge in [-0.3, -0.25) is 0 Å². The molecule has 0 saturated carbocycles. The van der Waals surface area contributed by atoms with Gasteiger partial charge in [0.15, 0.2) is 0 Å². The van der Waals surface area contributed by atoms with Crippen LogP contribution in [0.15, 0.2) is 16.3 Å². The Morgan fingerprint density at radius 3 is 2.55 bits per heavy atom. The van der Waals surface area contributed by atoms with Crippen LogP contribution in [0.5, 0.6) is 0 Å². The van der Waals surface area contributed by atoms with Crippen molar-refractivity contribution in [3.63, 3.8) is 0 Å². The van der Waals surface area contributed by atoms with Crippen molar-refractivity contribution in [1.29, 1.82) is 0 Å². The van der Waals surface area contributed by atoms with Crippen LogP contribution in [0.4, 0.5) is 0 Å². The molecule has 0 aromatic carbocycles. The molecule has 0 saturated heterocycles. The fraction of sp³-hybridized carbons (Fsp3) is 0.714. The van der Waals surface area contributed by atoms with Crippen LogP contribution >= 0.6 is 11.3 Å². The number of aliphatic hydroxyl groups excluding tert-OH is 1. The Bertz CT molecular complexity index is 469. The number of thiophene rings is 1. The standard InChI is InChI=1S/C14H25NO3S2/c1-2-3-4-5-6-7-11-15-20(17,18)14-9-8-13(19-14)10-12-16/h8-9,15-16H,2-7,10-12H2,1H3. The molecule has 0 aliphatic rings. The lowest BCUT2D eigenvalue weighted by atomic mass is 10.1. The van der Waals surface area contributed by atoms with E-state index in [1.165, 1.54) is 37.0 Å². The van der Waals surface area contributed by atoms with Crippen molar-refractivity contribution in [3.8, 4) is 0 Å². The molecule has 0 radical (unpaired) electrons. The van der Waals surface area contributed by atoms with Crippen LogP contribution in [0, 0.1) is 0 Å². The Labute approximate surface area is 126 Å². The number of hydrogen-bond acceptors (Lipinski definition) is 4. The molecule has 0 unspecified atom stereocenters. The van der Waals surface area contributed by atoms with Crippen molar-refractivity contribution in [3.05, 3.63) is 17.0 Å². The van der Waals surface area contributed by atoms with Crippen molar-refractivity contribution in [2.75, 3.05) is 13.2 Å². The lowest BCUT2D eigenvalue weighted by Gasteiger charge is -2.04. The van der Waals surface area contributed by atoms with Crippen molar-refractivity contribution in [2.45, 2.75) is 56.1 Å². The Morgan fingerprint density at radius 2 is 1.85 bits per heavy atom. The van der Waals surface area contributed by atoms with Crippen LogP contribution in [0.25, 0.3) is 0 Å². The van der Waals surface area contributed by atoms with E-state index < -0.39 is 10.0 Å². The molecule has 0 atom stereocenters. The van der Waals surface area contributed by atoms with E-state index in [0.29, 0.717) is 17.2 Å². The number of nitrogens with one attached hydrogen (secondary N) is 1. The minimum atomic E-state index is -3.37. The zero-order chi connectivity index (χ0) is 14.8. The van der Waals surface area contributed by atoms with Crippen molar-refractivity contribution in [1.82, 2.24) is 4.72 Å². The summed E-state index contributed by atoms with van der Waals surface area (Å²) in [4.78, 5) is 0.896. The predicted molar refractivity (Wildman–Crippen MR) is 83.7 cm³/mol. The fourth-order valence-corrected chi connectivity index (χ4v) is 4.39. The normalized spacial score (nSPS) is 11.9. The summed E-state index contributed by atoms with van der Waals surface area (Å²) in [5.41, 5.74) is 0. The highest BCUT2D eigenvalue weighted by Gasteiger charge is 2.15. The van der Waals surface area contributed by atoms with Crippen molar-refractivity contribution < 1.29 is 13.5 Å². The number of aliphatic hydroxyl groups is 1. The molecule has 0 fully saturated rings. The van der Waals surface area contributed by atoms with E-state index in [0.717, 1.165) is 17.7 Å². The molecular weight excluding hydrogens is 294 g/mol. The Hall–Kier alpha value is -0.430. The second kappa shape index (κ2) is 9.50. The van der Waals surface area contributed by atoms with Gasteiger partial charge in [-0.1, -0.05) is 39.0 Å². The molecule has 0 spiro atoms. The Morgan fingerprint density at radius 1 is 1.15 bits per heavy atom. The SMILES string of the molecule is CCCCCCCCNS(=O)(=O)c1ccc(CCO)s1. The molecule has 1 rings (SSSR count). The first kappa shape index (κ1) is 17.6. The Balaban J connectivity index is 2.30. The van der Waals surface area contributed by atoms with Gasteiger partial charge in [0.05, 0.1) is 0 Å². The zero-order valence-electron chi connectivity index (χ0n) is 12.1. The van der Waals surface area contributed by atoms with E-state index in [-0.39, 0.29) is 6.61 Å². The predicted octanol–water partition coefficient (Wildman–Crippen LogP) is 2.92. The summed E-state index contributed by atoms with van der Waals surface area (Å²) in [6.45, 7) is 2.73. The van der Waals surface area contributed by atoms with Crippen LogP contribution in [-0.2, 0) is 16.4 Å². The molecule has 0 aliphatic carbocycles. The first-order chi connectivity index (χ1) is 9.60. The van der Waals surface area contributed by atoms with Gasteiger partial charge in [-0.15, -0.1) is 11.3 Å². The molecule has 0 bridgehead atoms. The quantitative estimate of drug-likeness (QED) is 0.616. The number of rotatable bonds is 11. The second-order valence-electron chi connectivity index (χ2n) is 4.86. The van der Waals surface area contributed by atoms with Gasteiger partial charge in [0.25, 0.3) is 0 Å². The average molecular weight is 319 g/mol. The fourth-order valence-electron chi connectivity index (χ4n) is 1.93. The highest BCUT2D eigenvalue weighted by Crippen LogP contribution is 2.21. The molecular formula is C14H25NO3S2. The lowest BCUT2D eigenvalue weighted by Crippen LogP contribution is -2.23. The maximum absolute atomic E-state index is 12.0. The van der Waals surface area contributed by atoms with Gasteiger partial charge in [0.2, 0.25) is 10.0 Å². The van der Waals surface area contributed by atoms with Gasteiger partial charge < -0.3 is 5.11 Å². The molecule has 4 nitrogen and oxygen atoms in total. The molecule has 6 heteroatoms. The van der Waals surface area contributed by atoms with E-state index in [4.69, 9.17) is 5.11 Å². The first-order valence-electron chi connectivity index (χ1n) is 7.29. The number of hydrogen-bond donors (Lipinski definition) is 2. The van der Waals surface area contributed by atoms with E-state index in [1.807, 2.05) is 0 Å². The largest absolute Gasteiger partial charge is 0.396 e. The van der Waals surface area contributed by atoms with Crippen LogP contribution in [-0.4, -0.2) is 26.7 Å². The highest BCUT2D eigenvalue weighted by atomic mass is 32.2. The van der Waals surface area contributed by atoms with E-state index >= 15 is 0 Å². The van der Waals surface area contributed by atoms with Crippen molar-refractivity contribution >= 4 is 21.4 Å².